The van der Waals surface area contributed by atoms with Crippen molar-refractivity contribution in [1.29, 1.82) is 0 Å². The van der Waals surface area contributed by atoms with Gasteiger partial charge in [-0.05, 0) is 37.3 Å². The predicted molar refractivity (Wildman–Crippen MR) is 103 cm³/mol. The maximum atomic E-state index is 14.7. The molecule has 11 heteroatoms. The fourth-order valence-corrected chi connectivity index (χ4v) is 4.56. The summed E-state index contributed by atoms with van der Waals surface area (Å²) < 4.78 is 46.1. The molecule has 0 bridgehead atoms. The molecular weight excluding hydrogens is 399 g/mol. The highest BCUT2D eigenvalue weighted by Gasteiger charge is 2.41. The zero-order valence-corrected chi connectivity index (χ0v) is 16.4. The molecule has 2 N–H and O–H groups in total. The van der Waals surface area contributed by atoms with Gasteiger partial charge in [-0.25, -0.2) is 22.1 Å². The first-order chi connectivity index (χ1) is 13.7. The van der Waals surface area contributed by atoms with E-state index in [1.54, 1.807) is 24.5 Å². The smallest absolute Gasteiger partial charge is 0.248 e. The summed E-state index contributed by atoms with van der Waals surface area (Å²) in [7, 11) is -2.43. The molecule has 0 amide bonds. The molecule has 0 unspecified atom stereocenters. The van der Waals surface area contributed by atoms with Gasteiger partial charge in [0.25, 0.3) is 0 Å². The number of sulfonamides is 1. The van der Waals surface area contributed by atoms with Gasteiger partial charge in [-0.3, -0.25) is 4.98 Å². The summed E-state index contributed by atoms with van der Waals surface area (Å²) in [4.78, 5) is 8.17. The molecule has 0 fully saturated rings. The van der Waals surface area contributed by atoms with Crippen molar-refractivity contribution < 1.29 is 17.2 Å². The molecular formula is C18H17FN6O3S. The monoisotopic (exact) mass is 416 g/mol. The van der Waals surface area contributed by atoms with Gasteiger partial charge >= 0.3 is 0 Å². The van der Waals surface area contributed by atoms with Crippen molar-refractivity contribution in [3.63, 3.8) is 0 Å². The van der Waals surface area contributed by atoms with Crippen molar-refractivity contribution in [3.05, 3.63) is 54.1 Å². The molecule has 1 aliphatic rings. The van der Waals surface area contributed by atoms with E-state index < -0.39 is 27.1 Å². The SMILES string of the molecule is CN1C(N)=N[C@](C)(c2cc(-c3nnc(-c4ccncc4)o3)ccc2F)CS1(=O)=O. The quantitative estimate of drug-likeness (QED) is 0.689. The molecule has 3 heterocycles. The van der Waals surface area contributed by atoms with Gasteiger partial charge in [0.1, 0.15) is 11.4 Å². The minimum atomic E-state index is -3.74. The van der Waals surface area contributed by atoms with Crippen molar-refractivity contribution in [1.82, 2.24) is 19.5 Å². The molecule has 1 atom stereocenters. The Morgan fingerprint density at radius 1 is 1.14 bits per heavy atom. The Labute approximate surface area is 166 Å². The van der Waals surface area contributed by atoms with Gasteiger partial charge in [0.05, 0.1) is 5.75 Å². The molecule has 0 saturated heterocycles. The highest BCUT2D eigenvalue weighted by molar-refractivity contribution is 7.89. The van der Waals surface area contributed by atoms with Gasteiger partial charge in [0, 0.05) is 36.1 Å². The van der Waals surface area contributed by atoms with E-state index in [1.807, 2.05) is 0 Å². The largest absolute Gasteiger partial charge is 0.416 e. The van der Waals surface area contributed by atoms with Crippen LogP contribution in [0.2, 0.25) is 0 Å². The molecule has 29 heavy (non-hydrogen) atoms. The first kappa shape index (κ1) is 19.0. The summed E-state index contributed by atoms with van der Waals surface area (Å²) in [6.45, 7) is 1.52. The van der Waals surface area contributed by atoms with Crippen LogP contribution in [0.15, 0.2) is 52.1 Å². The van der Waals surface area contributed by atoms with Crippen LogP contribution in [0.3, 0.4) is 0 Å². The zero-order valence-electron chi connectivity index (χ0n) is 15.6. The third kappa shape index (κ3) is 3.33. The van der Waals surface area contributed by atoms with Gasteiger partial charge in [0.2, 0.25) is 27.8 Å². The van der Waals surface area contributed by atoms with Crippen LogP contribution < -0.4 is 5.73 Å². The van der Waals surface area contributed by atoms with Crippen LogP contribution in [0.25, 0.3) is 22.9 Å². The fraction of sp³-hybridized carbons (Fsp3) is 0.222. The number of hydrogen-bond donors (Lipinski definition) is 1. The second-order valence-corrected chi connectivity index (χ2v) is 8.81. The van der Waals surface area contributed by atoms with Gasteiger partial charge in [-0.15, -0.1) is 10.2 Å². The van der Waals surface area contributed by atoms with Crippen LogP contribution >= 0.6 is 0 Å². The van der Waals surface area contributed by atoms with E-state index in [-0.39, 0.29) is 23.3 Å². The van der Waals surface area contributed by atoms with Crippen LogP contribution in [-0.4, -0.2) is 46.7 Å². The third-order valence-electron chi connectivity index (χ3n) is 4.71. The number of rotatable bonds is 3. The lowest BCUT2D eigenvalue weighted by molar-refractivity contribution is 0.458. The highest BCUT2D eigenvalue weighted by Crippen LogP contribution is 2.35. The first-order valence-corrected chi connectivity index (χ1v) is 10.2. The molecule has 1 aliphatic heterocycles. The third-order valence-corrected chi connectivity index (χ3v) is 6.66. The van der Waals surface area contributed by atoms with Gasteiger partial charge in [-0.2, -0.15) is 0 Å². The van der Waals surface area contributed by atoms with Crippen LogP contribution in [0.1, 0.15) is 12.5 Å². The lowest BCUT2D eigenvalue weighted by Gasteiger charge is -2.34. The normalized spacial score (nSPS) is 21.1. The second-order valence-electron chi connectivity index (χ2n) is 6.81. The number of guanidine groups is 1. The number of aromatic nitrogens is 3. The molecule has 2 aromatic heterocycles. The number of nitrogens with two attached hydrogens (primary N) is 1. The van der Waals surface area contributed by atoms with Gasteiger partial charge in [0.15, 0.2) is 0 Å². The zero-order chi connectivity index (χ0) is 20.8. The lowest BCUT2D eigenvalue weighted by atomic mass is 9.92. The molecule has 1 aromatic carbocycles. The number of pyridine rings is 1. The van der Waals surface area contributed by atoms with Crippen molar-refractivity contribution >= 4 is 16.0 Å². The number of benzene rings is 1. The van der Waals surface area contributed by atoms with E-state index in [2.05, 4.69) is 20.2 Å². The van der Waals surface area contributed by atoms with Crippen LogP contribution in [-0.2, 0) is 15.6 Å². The second kappa shape index (κ2) is 6.62. The summed E-state index contributed by atoms with van der Waals surface area (Å²) in [6, 6.07) is 7.58. The minimum Gasteiger partial charge on any atom is -0.416 e. The molecule has 0 radical (unpaired) electrons. The van der Waals surface area contributed by atoms with Crippen molar-refractivity contribution in [2.24, 2.45) is 10.7 Å². The standard InChI is InChI=1S/C18H17FN6O3S/c1-18(10-29(26,27)25(2)17(20)22-18)13-9-12(3-4-14(13)19)16-24-23-15(28-16)11-5-7-21-8-6-11/h3-9H,10H2,1-2H3,(H2,20,22)/t18-/m0/s1. The number of nitrogens with zero attached hydrogens (tertiary/aromatic N) is 5. The Kier molecular flexibility index (Phi) is 4.34. The van der Waals surface area contributed by atoms with Crippen molar-refractivity contribution in [2.45, 2.75) is 12.5 Å². The van der Waals surface area contributed by atoms with E-state index >= 15 is 0 Å². The Bertz CT molecular complexity index is 1210. The van der Waals surface area contributed by atoms with Crippen molar-refractivity contribution in [2.75, 3.05) is 12.8 Å². The Morgan fingerprint density at radius 3 is 2.45 bits per heavy atom. The Morgan fingerprint density at radius 2 is 1.79 bits per heavy atom. The maximum absolute atomic E-state index is 14.7. The van der Waals surface area contributed by atoms with Crippen molar-refractivity contribution in [3.8, 4) is 22.9 Å². The molecule has 0 spiro atoms. The van der Waals surface area contributed by atoms with E-state index in [4.69, 9.17) is 10.2 Å². The topological polar surface area (TPSA) is 128 Å². The summed E-state index contributed by atoms with van der Waals surface area (Å²) in [5.74, 6) is -0.801. The predicted octanol–water partition coefficient (Wildman–Crippen LogP) is 1.74. The Hall–Kier alpha value is -3.34. The summed E-state index contributed by atoms with van der Waals surface area (Å²) >= 11 is 0. The lowest BCUT2D eigenvalue weighted by Crippen LogP contribution is -2.50. The average molecular weight is 416 g/mol. The van der Waals surface area contributed by atoms with E-state index in [0.29, 0.717) is 11.1 Å². The fourth-order valence-electron chi connectivity index (χ4n) is 3.11. The van der Waals surface area contributed by atoms with E-state index in [9.17, 15) is 12.8 Å². The number of halogens is 1. The van der Waals surface area contributed by atoms with Gasteiger partial charge < -0.3 is 10.2 Å². The van der Waals surface area contributed by atoms with Crippen LogP contribution in [0.4, 0.5) is 4.39 Å². The summed E-state index contributed by atoms with van der Waals surface area (Å²) in [6.07, 6.45) is 3.19. The molecule has 0 saturated carbocycles. The molecule has 0 aliphatic carbocycles. The highest BCUT2D eigenvalue weighted by atomic mass is 32.2. The van der Waals surface area contributed by atoms with Crippen LogP contribution in [0.5, 0.6) is 0 Å². The van der Waals surface area contributed by atoms with E-state index in [0.717, 1.165) is 4.31 Å². The molecule has 150 valence electrons. The van der Waals surface area contributed by atoms with E-state index in [1.165, 1.54) is 32.2 Å². The Balaban J connectivity index is 1.77. The molecule has 4 rings (SSSR count). The average Bonchev–Trinajstić information content (AvgIpc) is 3.17. The number of hydrogen-bond acceptors (Lipinski definition) is 8. The summed E-state index contributed by atoms with van der Waals surface area (Å²) in [5.41, 5.74) is 5.55. The maximum Gasteiger partial charge on any atom is 0.248 e. The summed E-state index contributed by atoms with van der Waals surface area (Å²) in [5, 5.41) is 8.01. The molecule has 9 nitrogen and oxygen atoms in total. The first-order valence-electron chi connectivity index (χ1n) is 8.56. The minimum absolute atomic E-state index is 0.0679. The van der Waals surface area contributed by atoms with Crippen LogP contribution in [0, 0.1) is 5.82 Å². The molecule has 3 aromatic rings. The van der Waals surface area contributed by atoms with Gasteiger partial charge in [-0.1, -0.05) is 0 Å². The number of aliphatic imine (C=N–C) groups is 1.